The van der Waals surface area contributed by atoms with Crippen LogP contribution in [-0.2, 0) is 4.79 Å². The summed E-state index contributed by atoms with van der Waals surface area (Å²) in [6.45, 7) is 2.86. The van der Waals surface area contributed by atoms with Crippen molar-refractivity contribution in [1.82, 2.24) is 15.5 Å². The Hall–Kier alpha value is -0.810. The lowest BCUT2D eigenvalue weighted by Gasteiger charge is -2.28. The standard InChI is InChI=1S/C11H20ClN3O2/c1-15-6-3-9(4-7-15)2-5-13-11(17)14-10(16)8-12/h9H,2-8H2,1H3,(H2,13,14,16,17). The Kier molecular flexibility index (Phi) is 6.29. The number of imide groups is 1. The molecule has 1 rings (SSSR count). The molecule has 98 valence electrons. The smallest absolute Gasteiger partial charge is 0.321 e. The highest BCUT2D eigenvalue weighted by Gasteiger charge is 2.16. The third-order valence-electron chi connectivity index (χ3n) is 3.05. The van der Waals surface area contributed by atoms with Crippen LogP contribution in [0.4, 0.5) is 4.79 Å². The van der Waals surface area contributed by atoms with Gasteiger partial charge in [-0.1, -0.05) is 0 Å². The molecular formula is C11H20ClN3O2. The van der Waals surface area contributed by atoms with Gasteiger partial charge < -0.3 is 10.2 Å². The number of likely N-dealkylation sites (tertiary alicyclic amines) is 1. The van der Waals surface area contributed by atoms with Crippen LogP contribution < -0.4 is 10.6 Å². The average Bonchev–Trinajstić information content (AvgIpc) is 2.31. The molecule has 1 aliphatic rings. The van der Waals surface area contributed by atoms with Crippen molar-refractivity contribution in [3.8, 4) is 0 Å². The van der Waals surface area contributed by atoms with Gasteiger partial charge in [-0.2, -0.15) is 0 Å². The Morgan fingerprint density at radius 1 is 1.35 bits per heavy atom. The van der Waals surface area contributed by atoms with E-state index in [4.69, 9.17) is 11.6 Å². The number of urea groups is 1. The molecule has 0 spiro atoms. The first-order chi connectivity index (χ1) is 8.11. The maximum absolute atomic E-state index is 11.2. The number of piperidine rings is 1. The summed E-state index contributed by atoms with van der Waals surface area (Å²) >= 11 is 5.27. The van der Waals surface area contributed by atoms with Gasteiger partial charge in [0.25, 0.3) is 0 Å². The molecule has 0 aromatic heterocycles. The number of amides is 3. The summed E-state index contributed by atoms with van der Waals surface area (Å²) in [7, 11) is 2.12. The maximum atomic E-state index is 11.2. The topological polar surface area (TPSA) is 61.4 Å². The molecule has 2 N–H and O–H groups in total. The number of hydrogen-bond donors (Lipinski definition) is 2. The fraction of sp³-hybridized carbons (Fsp3) is 0.818. The Labute approximate surface area is 107 Å². The maximum Gasteiger partial charge on any atom is 0.321 e. The largest absolute Gasteiger partial charge is 0.338 e. The summed E-state index contributed by atoms with van der Waals surface area (Å²) in [5.74, 6) is 0.0150. The van der Waals surface area contributed by atoms with Crippen molar-refractivity contribution < 1.29 is 9.59 Å². The predicted molar refractivity (Wildman–Crippen MR) is 67.1 cm³/mol. The van der Waals surface area contributed by atoms with Gasteiger partial charge in [-0.3, -0.25) is 10.1 Å². The van der Waals surface area contributed by atoms with Crippen LogP contribution in [0.25, 0.3) is 0 Å². The first-order valence-electron chi connectivity index (χ1n) is 5.94. The van der Waals surface area contributed by atoms with Crippen LogP contribution in [0.5, 0.6) is 0 Å². The Morgan fingerprint density at radius 2 is 2.00 bits per heavy atom. The second kappa shape index (κ2) is 7.50. The van der Waals surface area contributed by atoms with E-state index in [1.165, 1.54) is 12.8 Å². The Balaban J connectivity index is 2.07. The van der Waals surface area contributed by atoms with Gasteiger partial charge in [-0.05, 0) is 45.3 Å². The second-order valence-corrected chi connectivity index (χ2v) is 4.74. The number of carbonyl (C=O) groups excluding carboxylic acids is 2. The lowest BCUT2D eigenvalue weighted by atomic mass is 9.94. The molecule has 1 fully saturated rings. The minimum absolute atomic E-state index is 0.192. The van der Waals surface area contributed by atoms with Gasteiger partial charge >= 0.3 is 6.03 Å². The number of carbonyl (C=O) groups is 2. The van der Waals surface area contributed by atoms with Gasteiger partial charge in [-0.15, -0.1) is 11.6 Å². The molecule has 0 atom stereocenters. The van der Waals surface area contributed by atoms with E-state index in [0.717, 1.165) is 19.5 Å². The van der Waals surface area contributed by atoms with Crippen molar-refractivity contribution >= 4 is 23.5 Å². The lowest BCUT2D eigenvalue weighted by molar-refractivity contribution is -0.117. The second-order valence-electron chi connectivity index (χ2n) is 4.47. The van der Waals surface area contributed by atoms with Crippen LogP contribution >= 0.6 is 11.6 Å². The minimum atomic E-state index is -0.469. The van der Waals surface area contributed by atoms with Crippen LogP contribution in [0.15, 0.2) is 0 Å². The lowest BCUT2D eigenvalue weighted by Crippen LogP contribution is -2.41. The van der Waals surface area contributed by atoms with Crippen molar-refractivity contribution in [3.63, 3.8) is 0 Å². The normalized spacial score (nSPS) is 17.8. The number of nitrogens with one attached hydrogen (secondary N) is 2. The Morgan fingerprint density at radius 3 is 2.59 bits per heavy atom. The molecule has 0 radical (unpaired) electrons. The van der Waals surface area contributed by atoms with Crippen molar-refractivity contribution in [3.05, 3.63) is 0 Å². The molecule has 3 amide bonds. The molecule has 0 saturated carbocycles. The summed E-state index contributed by atoms with van der Waals surface area (Å²) in [5, 5.41) is 4.81. The summed E-state index contributed by atoms with van der Waals surface area (Å²) in [6, 6.07) is -0.455. The fourth-order valence-corrected chi connectivity index (χ4v) is 2.01. The molecule has 17 heavy (non-hydrogen) atoms. The van der Waals surface area contributed by atoms with Crippen molar-refractivity contribution in [2.75, 3.05) is 32.6 Å². The zero-order valence-corrected chi connectivity index (χ0v) is 10.9. The van der Waals surface area contributed by atoms with Crippen molar-refractivity contribution in [1.29, 1.82) is 0 Å². The highest BCUT2D eigenvalue weighted by molar-refractivity contribution is 6.28. The molecule has 0 bridgehead atoms. The van der Waals surface area contributed by atoms with E-state index in [0.29, 0.717) is 12.5 Å². The van der Waals surface area contributed by atoms with E-state index in [-0.39, 0.29) is 5.88 Å². The van der Waals surface area contributed by atoms with Crippen LogP contribution in [0.2, 0.25) is 0 Å². The van der Waals surface area contributed by atoms with E-state index in [2.05, 4.69) is 22.6 Å². The summed E-state index contributed by atoms with van der Waals surface area (Å²) < 4.78 is 0. The van der Waals surface area contributed by atoms with Gasteiger partial charge in [-0.25, -0.2) is 4.79 Å². The summed E-state index contributed by atoms with van der Waals surface area (Å²) in [5.41, 5.74) is 0. The third kappa shape index (κ3) is 5.89. The fourth-order valence-electron chi connectivity index (χ4n) is 1.94. The number of halogens is 1. The van der Waals surface area contributed by atoms with Crippen LogP contribution in [0.3, 0.4) is 0 Å². The average molecular weight is 262 g/mol. The van der Waals surface area contributed by atoms with Crippen LogP contribution in [0, 0.1) is 5.92 Å². The number of rotatable bonds is 4. The van der Waals surface area contributed by atoms with E-state index in [1.54, 1.807) is 0 Å². The highest BCUT2D eigenvalue weighted by Crippen LogP contribution is 2.18. The zero-order chi connectivity index (χ0) is 12.7. The number of hydrogen-bond acceptors (Lipinski definition) is 3. The highest BCUT2D eigenvalue weighted by atomic mass is 35.5. The molecule has 0 aromatic carbocycles. The summed E-state index contributed by atoms with van der Waals surface area (Å²) in [6.07, 6.45) is 3.33. The first kappa shape index (κ1) is 14.3. The molecule has 1 heterocycles. The van der Waals surface area contributed by atoms with Crippen molar-refractivity contribution in [2.24, 2.45) is 5.92 Å². The van der Waals surface area contributed by atoms with Crippen molar-refractivity contribution in [2.45, 2.75) is 19.3 Å². The SMILES string of the molecule is CN1CCC(CCNC(=O)NC(=O)CCl)CC1. The van der Waals surface area contributed by atoms with Crippen LogP contribution in [0.1, 0.15) is 19.3 Å². The van der Waals surface area contributed by atoms with Gasteiger partial charge in [0.1, 0.15) is 5.88 Å². The molecule has 6 heteroatoms. The predicted octanol–water partition coefficient (Wildman–Crippen LogP) is 0.783. The van der Waals surface area contributed by atoms with Gasteiger partial charge in [0, 0.05) is 6.54 Å². The summed E-state index contributed by atoms with van der Waals surface area (Å²) in [4.78, 5) is 24.3. The molecular weight excluding hydrogens is 242 g/mol. The van der Waals surface area contributed by atoms with E-state index >= 15 is 0 Å². The quantitative estimate of drug-likeness (QED) is 0.736. The molecule has 1 saturated heterocycles. The molecule has 5 nitrogen and oxygen atoms in total. The first-order valence-corrected chi connectivity index (χ1v) is 6.47. The van der Waals surface area contributed by atoms with E-state index < -0.39 is 11.9 Å². The van der Waals surface area contributed by atoms with Gasteiger partial charge in [0.2, 0.25) is 5.91 Å². The van der Waals surface area contributed by atoms with Gasteiger partial charge in [0.05, 0.1) is 0 Å². The van der Waals surface area contributed by atoms with Gasteiger partial charge in [0.15, 0.2) is 0 Å². The molecule has 0 unspecified atom stereocenters. The Bertz CT molecular complexity index is 265. The number of nitrogens with zero attached hydrogens (tertiary/aromatic N) is 1. The minimum Gasteiger partial charge on any atom is -0.338 e. The van der Waals surface area contributed by atoms with Crippen LogP contribution in [-0.4, -0.2) is 49.4 Å². The molecule has 0 aliphatic carbocycles. The monoisotopic (exact) mass is 261 g/mol. The van der Waals surface area contributed by atoms with E-state index in [9.17, 15) is 9.59 Å². The van der Waals surface area contributed by atoms with E-state index in [1.807, 2.05) is 0 Å². The third-order valence-corrected chi connectivity index (χ3v) is 3.29. The number of alkyl halides is 1. The molecule has 1 aliphatic heterocycles. The zero-order valence-electron chi connectivity index (χ0n) is 10.2. The molecule has 0 aromatic rings.